The first-order chi connectivity index (χ1) is 4.93. The van der Waals surface area contributed by atoms with E-state index in [0.29, 0.717) is 0 Å². The van der Waals surface area contributed by atoms with Gasteiger partial charge in [0.05, 0.1) is 0 Å². The Hall–Kier alpha value is -0.820. The molecule has 1 aromatic heterocycles. The minimum Gasteiger partial charge on any atom is -0.152 e. The fourth-order valence-corrected chi connectivity index (χ4v) is 1.28. The second kappa shape index (κ2) is 4.07. The van der Waals surface area contributed by atoms with Crippen LogP contribution in [0.4, 0.5) is 0 Å². The molecule has 10 heavy (non-hydrogen) atoms. The highest BCUT2D eigenvalue weighted by Crippen LogP contribution is 2.07. The van der Waals surface area contributed by atoms with Gasteiger partial charge in [-0.25, -0.2) is 0 Å². The lowest BCUT2D eigenvalue weighted by atomic mass is 10.3. The number of hydrogen-bond acceptors (Lipinski definition) is 1. The van der Waals surface area contributed by atoms with E-state index in [-0.39, 0.29) is 0 Å². The molecule has 0 amide bonds. The SMILES string of the molecule is C/C=C/C=C/c1ccsc1. The summed E-state index contributed by atoms with van der Waals surface area (Å²) in [4.78, 5) is 0. The molecule has 0 N–H and O–H groups in total. The number of allylic oxidation sites excluding steroid dienone is 3. The summed E-state index contributed by atoms with van der Waals surface area (Å²) in [6.45, 7) is 2.01. The summed E-state index contributed by atoms with van der Waals surface area (Å²) in [5.74, 6) is 0. The number of thiophene rings is 1. The van der Waals surface area contributed by atoms with E-state index in [1.807, 2.05) is 25.2 Å². The molecule has 1 aromatic rings. The van der Waals surface area contributed by atoms with Gasteiger partial charge in [-0.2, -0.15) is 11.3 Å². The van der Waals surface area contributed by atoms with Gasteiger partial charge in [-0.1, -0.05) is 24.3 Å². The Morgan fingerprint density at radius 1 is 1.40 bits per heavy atom. The molecule has 0 aliphatic carbocycles. The molecule has 0 unspecified atom stereocenters. The molecule has 0 aliphatic rings. The molecule has 0 fully saturated rings. The Bertz CT molecular complexity index is 217. The van der Waals surface area contributed by atoms with Crippen molar-refractivity contribution in [2.75, 3.05) is 0 Å². The van der Waals surface area contributed by atoms with Crippen LogP contribution in [0.3, 0.4) is 0 Å². The molecule has 0 saturated carbocycles. The minimum atomic E-state index is 1.28. The van der Waals surface area contributed by atoms with Crippen LogP contribution in [0.2, 0.25) is 0 Å². The third-order valence-corrected chi connectivity index (χ3v) is 1.84. The molecule has 0 nitrogen and oxygen atoms in total. The van der Waals surface area contributed by atoms with Crippen LogP contribution in [0.15, 0.2) is 35.1 Å². The van der Waals surface area contributed by atoms with Crippen LogP contribution in [0.5, 0.6) is 0 Å². The van der Waals surface area contributed by atoms with Gasteiger partial charge in [0.25, 0.3) is 0 Å². The monoisotopic (exact) mass is 150 g/mol. The summed E-state index contributed by atoms with van der Waals surface area (Å²) in [5.41, 5.74) is 1.28. The Morgan fingerprint density at radius 3 is 2.90 bits per heavy atom. The van der Waals surface area contributed by atoms with E-state index in [4.69, 9.17) is 0 Å². The van der Waals surface area contributed by atoms with Gasteiger partial charge in [0, 0.05) is 0 Å². The normalized spacial score (nSPS) is 11.7. The second-order valence-electron chi connectivity index (χ2n) is 1.94. The molecule has 0 bridgehead atoms. The van der Waals surface area contributed by atoms with Crippen LogP contribution in [0.1, 0.15) is 12.5 Å². The van der Waals surface area contributed by atoms with E-state index in [1.54, 1.807) is 11.3 Å². The fraction of sp³-hybridized carbons (Fsp3) is 0.111. The molecule has 0 spiro atoms. The zero-order valence-electron chi connectivity index (χ0n) is 5.95. The van der Waals surface area contributed by atoms with Crippen LogP contribution < -0.4 is 0 Å². The molecule has 0 atom stereocenters. The quantitative estimate of drug-likeness (QED) is 0.567. The molecule has 1 heterocycles. The average Bonchev–Trinajstić information content (AvgIpc) is 2.41. The van der Waals surface area contributed by atoms with Crippen molar-refractivity contribution in [1.82, 2.24) is 0 Å². The van der Waals surface area contributed by atoms with Crippen molar-refractivity contribution >= 4 is 17.4 Å². The van der Waals surface area contributed by atoms with Crippen LogP contribution >= 0.6 is 11.3 Å². The third-order valence-electron chi connectivity index (χ3n) is 1.14. The molecule has 0 aliphatic heterocycles. The maximum absolute atomic E-state index is 2.12. The maximum atomic E-state index is 2.12. The Balaban J connectivity index is 2.55. The van der Waals surface area contributed by atoms with Crippen LogP contribution in [-0.4, -0.2) is 0 Å². The molecular formula is C9H10S. The third kappa shape index (κ3) is 2.19. The van der Waals surface area contributed by atoms with E-state index >= 15 is 0 Å². The second-order valence-corrected chi connectivity index (χ2v) is 2.72. The summed E-state index contributed by atoms with van der Waals surface area (Å²) in [6.07, 6.45) is 8.18. The van der Waals surface area contributed by atoms with Crippen LogP contribution in [0.25, 0.3) is 6.08 Å². The van der Waals surface area contributed by atoms with Gasteiger partial charge in [-0.15, -0.1) is 0 Å². The molecular weight excluding hydrogens is 140 g/mol. The zero-order chi connectivity index (χ0) is 7.23. The fourth-order valence-electron chi connectivity index (χ4n) is 0.648. The van der Waals surface area contributed by atoms with Crippen LogP contribution in [0, 0.1) is 0 Å². The van der Waals surface area contributed by atoms with Gasteiger partial charge in [0.15, 0.2) is 0 Å². The standard InChI is InChI=1S/C9H10S/c1-2-3-4-5-9-6-7-10-8-9/h2-8H,1H3/b3-2+,5-4+. The first kappa shape index (κ1) is 7.29. The van der Waals surface area contributed by atoms with Gasteiger partial charge >= 0.3 is 0 Å². The smallest absolute Gasteiger partial charge is 0.00208 e. The van der Waals surface area contributed by atoms with E-state index < -0.39 is 0 Å². The summed E-state index contributed by atoms with van der Waals surface area (Å²) in [6, 6.07) is 2.10. The molecule has 0 aromatic carbocycles. The van der Waals surface area contributed by atoms with E-state index in [1.165, 1.54) is 5.56 Å². The Kier molecular flexibility index (Phi) is 2.97. The number of rotatable bonds is 2. The van der Waals surface area contributed by atoms with Crippen molar-refractivity contribution in [2.24, 2.45) is 0 Å². The van der Waals surface area contributed by atoms with Gasteiger partial charge in [-0.05, 0) is 29.3 Å². The van der Waals surface area contributed by atoms with Crippen molar-refractivity contribution in [2.45, 2.75) is 6.92 Å². The van der Waals surface area contributed by atoms with Crippen LogP contribution in [-0.2, 0) is 0 Å². The van der Waals surface area contributed by atoms with Crippen molar-refractivity contribution in [3.05, 3.63) is 40.6 Å². The van der Waals surface area contributed by atoms with E-state index in [9.17, 15) is 0 Å². The Labute approximate surface area is 65.5 Å². The van der Waals surface area contributed by atoms with E-state index in [2.05, 4.69) is 22.9 Å². The zero-order valence-corrected chi connectivity index (χ0v) is 6.77. The van der Waals surface area contributed by atoms with Crippen molar-refractivity contribution in [3.63, 3.8) is 0 Å². The summed E-state index contributed by atoms with van der Waals surface area (Å²) in [7, 11) is 0. The lowest BCUT2D eigenvalue weighted by Crippen LogP contribution is -1.56. The molecule has 0 saturated heterocycles. The summed E-state index contributed by atoms with van der Waals surface area (Å²) >= 11 is 1.72. The molecule has 0 radical (unpaired) electrons. The predicted molar refractivity (Wildman–Crippen MR) is 48.2 cm³/mol. The van der Waals surface area contributed by atoms with E-state index in [0.717, 1.165) is 0 Å². The average molecular weight is 150 g/mol. The molecule has 52 valence electrons. The van der Waals surface area contributed by atoms with Crippen molar-refractivity contribution in [3.8, 4) is 0 Å². The first-order valence-corrected chi connectivity index (χ1v) is 4.19. The summed E-state index contributed by atoms with van der Waals surface area (Å²) < 4.78 is 0. The van der Waals surface area contributed by atoms with Crippen molar-refractivity contribution < 1.29 is 0 Å². The largest absolute Gasteiger partial charge is 0.152 e. The Morgan fingerprint density at radius 2 is 2.30 bits per heavy atom. The minimum absolute atomic E-state index is 1.28. The van der Waals surface area contributed by atoms with Gasteiger partial charge in [0.1, 0.15) is 0 Å². The first-order valence-electron chi connectivity index (χ1n) is 3.25. The topological polar surface area (TPSA) is 0 Å². The van der Waals surface area contributed by atoms with Crippen molar-refractivity contribution in [1.29, 1.82) is 0 Å². The molecule has 1 rings (SSSR count). The van der Waals surface area contributed by atoms with Gasteiger partial charge in [0.2, 0.25) is 0 Å². The highest BCUT2D eigenvalue weighted by Gasteiger charge is 1.80. The lowest BCUT2D eigenvalue weighted by molar-refractivity contribution is 1.74. The highest BCUT2D eigenvalue weighted by atomic mass is 32.1. The van der Waals surface area contributed by atoms with Gasteiger partial charge in [-0.3, -0.25) is 0 Å². The summed E-state index contributed by atoms with van der Waals surface area (Å²) in [5, 5.41) is 4.20. The maximum Gasteiger partial charge on any atom is -0.00208 e. The highest BCUT2D eigenvalue weighted by molar-refractivity contribution is 7.08. The number of hydrogen-bond donors (Lipinski definition) is 0. The molecule has 1 heteroatoms. The lowest BCUT2D eigenvalue weighted by Gasteiger charge is -1.77. The predicted octanol–water partition coefficient (Wildman–Crippen LogP) is 3.34. The van der Waals surface area contributed by atoms with Gasteiger partial charge < -0.3 is 0 Å².